The van der Waals surface area contributed by atoms with Gasteiger partial charge in [-0.25, -0.2) is 4.39 Å². The molecule has 1 aromatic carbocycles. The zero-order valence-corrected chi connectivity index (χ0v) is 12.0. The van der Waals surface area contributed by atoms with Crippen LogP contribution in [0.25, 0.3) is 0 Å². The molecular weight excluding hydrogens is 271 g/mol. The van der Waals surface area contributed by atoms with Crippen LogP contribution in [0.15, 0.2) is 30.3 Å². The van der Waals surface area contributed by atoms with Crippen LogP contribution in [0.5, 0.6) is 0 Å². The van der Waals surface area contributed by atoms with Gasteiger partial charge in [-0.15, -0.1) is 0 Å². The van der Waals surface area contributed by atoms with Crippen LogP contribution >= 0.6 is 0 Å². The highest BCUT2D eigenvalue weighted by atomic mass is 19.1. The van der Waals surface area contributed by atoms with Crippen LogP contribution in [0.3, 0.4) is 0 Å². The third-order valence-corrected chi connectivity index (χ3v) is 4.87. The van der Waals surface area contributed by atoms with E-state index in [9.17, 15) is 14.3 Å². The number of ether oxygens (including phenoxy) is 1. The molecule has 0 bridgehead atoms. The Morgan fingerprint density at radius 1 is 1.24 bits per heavy atom. The zero-order chi connectivity index (χ0) is 14.8. The standard InChI is InChI=1S/C17H21FO3/c18-15-8-13-12(7-17(15)20)6-16(19)14(13)10-21-9-11-4-2-1-3-5-11/h1-5,12-15,17,20H,6-10H2/t12-,13-,14+,15+,17+/m1/s1. The van der Waals surface area contributed by atoms with Gasteiger partial charge in [-0.2, -0.15) is 0 Å². The van der Waals surface area contributed by atoms with Gasteiger partial charge in [0.2, 0.25) is 0 Å². The van der Waals surface area contributed by atoms with Crippen LogP contribution < -0.4 is 0 Å². The smallest absolute Gasteiger partial charge is 0.138 e. The maximum atomic E-state index is 13.7. The number of hydrogen-bond donors (Lipinski definition) is 1. The minimum Gasteiger partial charge on any atom is -0.390 e. The molecule has 21 heavy (non-hydrogen) atoms. The van der Waals surface area contributed by atoms with E-state index in [1.54, 1.807) is 0 Å². The van der Waals surface area contributed by atoms with Crippen LogP contribution in [0.1, 0.15) is 24.8 Å². The third kappa shape index (κ3) is 3.16. The predicted octanol–water partition coefficient (Wildman–Crippen LogP) is 2.52. The first-order valence-electron chi connectivity index (χ1n) is 7.61. The van der Waals surface area contributed by atoms with E-state index in [2.05, 4.69) is 0 Å². The average Bonchev–Trinajstić information content (AvgIpc) is 2.76. The molecule has 0 amide bonds. The van der Waals surface area contributed by atoms with E-state index >= 15 is 0 Å². The molecule has 4 heteroatoms. The van der Waals surface area contributed by atoms with Gasteiger partial charge in [-0.3, -0.25) is 4.79 Å². The average molecular weight is 292 g/mol. The number of hydrogen-bond acceptors (Lipinski definition) is 3. The number of fused-ring (bicyclic) bond motifs is 1. The van der Waals surface area contributed by atoms with Gasteiger partial charge in [-0.05, 0) is 30.2 Å². The summed E-state index contributed by atoms with van der Waals surface area (Å²) < 4.78 is 19.4. The first-order chi connectivity index (χ1) is 10.1. The van der Waals surface area contributed by atoms with E-state index in [-0.39, 0.29) is 30.0 Å². The van der Waals surface area contributed by atoms with Crippen LogP contribution in [-0.2, 0) is 16.1 Å². The Kier molecular flexibility index (Phi) is 4.36. The Hall–Kier alpha value is -1.26. The van der Waals surface area contributed by atoms with Gasteiger partial charge in [0.15, 0.2) is 0 Å². The molecule has 0 aromatic heterocycles. The zero-order valence-electron chi connectivity index (χ0n) is 12.0. The van der Waals surface area contributed by atoms with Gasteiger partial charge < -0.3 is 9.84 Å². The van der Waals surface area contributed by atoms with Crippen molar-refractivity contribution in [3.05, 3.63) is 35.9 Å². The second kappa shape index (κ2) is 6.24. The molecule has 0 radical (unpaired) electrons. The summed E-state index contributed by atoms with van der Waals surface area (Å²) >= 11 is 0. The SMILES string of the molecule is O=C1C[C@@H]2C[C@H](O)[C@@H](F)C[C@H]2[C@@H]1COCc1ccccc1. The van der Waals surface area contributed by atoms with E-state index in [0.29, 0.717) is 26.1 Å². The highest BCUT2D eigenvalue weighted by Gasteiger charge is 2.48. The van der Waals surface area contributed by atoms with Crippen molar-refractivity contribution in [3.63, 3.8) is 0 Å². The molecule has 0 aliphatic heterocycles. The number of carbonyl (C=O) groups is 1. The van der Waals surface area contributed by atoms with Crippen LogP contribution in [0.4, 0.5) is 4.39 Å². The molecule has 0 saturated heterocycles. The van der Waals surface area contributed by atoms with Crippen molar-refractivity contribution in [3.8, 4) is 0 Å². The molecule has 0 spiro atoms. The summed E-state index contributed by atoms with van der Waals surface area (Å²) in [5.41, 5.74) is 1.07. The molecule has 1 N–H and O–H groups in total. The first-order valence-corrected chi connectivity index (χ1v) is 7.61. The lowest BCUT2D eigenvalue weighted by molar-refractivity contribution is -0.123. The van der Waals surface area contributed by atoms with Crippen molar-refractivity contribution in [2.45, 2.75) is 38.1 Å². The summed E-state index contributed by atoms with van der Waals surface area (Å²) in [4.78, 5) is 12.1. The van der Waals surface area contributed by atoms with E-state index in [0.717, 1.165) is 5.56 Å². The van der Waals surface area contributed by atoms with Gasteiger partial charge in [0.25, 0.3) is 0 Å². The molecule has 2 aliphatic rings. The van der Waals surface area contributed by atoms with Crippen LogP contribution in [-0.4, -0.2) is 29.8 Å². The molecule has 1 aromatic rings. The molecule has 2 fully saturated rings. The lowest BCUT2D eigenvalue weighted by Crippen LogP contribution is -2.37. The van der Waals surface area contributed by atoms with E-state index < -0.39 is 12.3 Å². The minimum atomic E-state index is -1.20. The molecule has 3 nitrogen and oxygen atoms in total. The number of aliphatic hydroxyl groups excluding tert-OH is 1. The van der Waals surface area contributed by atoms with Crippen molar-refractivity contribution >= 4 is 5.78 Å². The van der Waals surface area contributed by atoms with E-state index in [1.807, 2.05) is 30.3 Å². The number of Topliss-reactive ketones (excluding diaryl/α,β-unsaturated/α-hetero) is 1. The number of carbonyl (C=O) groups excluding carboxylic acids is 1. The highest BCUT2D eigenvalue weighted by Crippen LogP contribution is 2.45. The topological polar surface area (TPSA) is 46.5 Å². The Morgan fingerprint density at radius 3 is 2.76 bits per heavy atom. The number of benzene rings is 1. The monoisotopic (exact) mass is 292 g/mol. The molecular formula is C17H21FO3. The maximum Gasteiger partial charge on any atom is 0.138 e. The Morgan fingerprint density at radius 2 is 2.00 bits per heavy atom. The molecule has 2 saturated carbocycles. The molecule has 3 rings (SSSR count). The Balaban J connectivity index is 1.56. The molecule has 2 aliphatic carbocycles. The van der Waals surface area contributed by atoms with Crippen molar-refractivity contribution in [1.29, 1.82) is 0 Å². The quantitative estimate of drug-likeness (QED) is 0.927. The van der Waals surface area contributed by atoms with Gasteiger partial charge in [0, 0.05) is 12.3 Å². The second-order valence-corrected chi connectivity index (χ2v) is 6.26. The van der Waals surface area contributed by atoms with Crippen LogP contribution in [0.2, 0.25) is 0 Å². The highest BCUT2D eigenvalue weighted by molar-refractivity contribution is 5.84. The van der Waals surface area contributed by atoms with Gasteiger partial charge >= 0.3 is 0 Å². The predicted molar refractivity (Wildman–Crippen MR) is 76.3 cm³/mol. The lowest BCUT2D eigenvalue weighted by atomic mass is 9.76. The second-order valence-electron chi connectivity index (χ2n) is 6.26. The number of ketones is 1. The maximum absolute atomic E-state index is 13.7. The molecule has 0 heterocycles. The summed E-state index contributed by atoms with van der Waals surface area (Å²) in [5.74, 6) is 0.125. The van der Waals surface area contributed by atoms with Crippen molar-refractivity contribution in [2.75, 3.05) is 6.61 Å². The summed E-state index contributed by atoms with van der Waals surface area (Å²) in [5, 5.41) is 9.60. The third-order valence-electron chi connectivity index (χ3n) is 4.87. The summed E-state index contributed by atoms with van der Waals surface area (Å²) in [6.07, 6.45) is -0.936. The fraction of sp³-hybridized carbons (Fsp3) is 0.588. The Labute approximate surface area is 124 Å². The van der Waals surface area contributed by atoms with Gasteiger partial charge in [0.05, 0.1) is 19.3 Å². The molecule has 0 unspecified atom stereocenters. The summed E-state index contributed by atoms with van der Waals surface area (Å²) in [7, 11) is 0. The summed E-state index contributed by atoms with van der Waals surface area (Å²) in [6, 6.07) is 9.81. The minimum absolute atomic E-state index is 0.0340. The number of aliphatic hydroxyl groups is 1. The largest absolute Gasteiger partial charge is 0.390 e. The molecule has 114 valence electrons. The summed E-state index contributed by atoms with van der Waals surface area (Å²) in [6.45, 7) is 0.835. The van der Waals surface area contributed by atoms with Crippen molar-refractivity contribution in [2.24, 2.45) is 17.8 Å². The first kappa shape index (κ1) is 14.7. The van der Waals surface area contributed by atoms with Crippen molar-refractivity contribution in [1.82, 2.24) is 0 Å². The van der Waals surface area contributed by atoms with Gasteiger partial charge in [0.1, 0.15) is 12.0 Å². The number of alkyl halides is 1. The van der Waals surface area contributed by atoms with Crippen LogP contribution in [0, 0.1) is 17.8 Å². The van der Waals surface area contributed by atoms with E-state index in [1.165, 1.54) is 0 Å². The lowest BCUT2D eigenvalue weighted by Gasteiger charge is -2.33. The number of halogens is 1. The Bertz CT molecular complexity index is 490. The van der Waals surface area contributed by atoms with E-state index in [4.69, 9.17) is 4.74 Å². The fourth-order valence-electron chi connectivity index (χ4n) is 3.71. The molecule has 5 atom stereocenters. The fourth-order valence-corrected chi connectivity index (χ4v) is 3.71. The van der Waals surface area contributed by atoms with Gasteiger partial charge in [-0.1, -0.05) is 30.3 Å². The van der Waals surface area contributed by atoms with Crippen molar-refractivity contribution < 1.29 is 19.0 Å². The normalized spacial score (nSPS) is 35.7. The number of rotatable bonds is 4.